The summed E-state index contributed by atoms with van der Waals surface area (Å²) in [5, 5.41) is 0. The third-order valence-electron chi connectivity index (χ3n) is 3.50. The van der Waals surface area contributed by atoms with Gasteiger partial charge in [-0.25, -0.2) is 0 Å². The van der Waals surface area contributed by atoms with E-state index in [-0.39, 0.29) is 5.78 Å². The Kier molecular flexibility index (Phi) is 5.73. The smallest absolute Gasteiger partial charge is 0.162 e. The van der Waals surface area contributed by atoms with Gasteiger partial charge in [-0.15, -0.1) is 0 Å². The van der Waals surface area contributed by atoms with Gasteiger partial charge in [0.15, 0.2) is 5.78 Å². The van der Waals surface area contributed by atoms with Crippen molar-refractivity contribution in [1.82, 2.24) is 4.90 Å². The summed E-state index contributed by atoms with van der Waals surface area (Å²) < 4.78 is 5.92. The van der Waals surface area contributed by atoms with Gasteiger partial charge in [0.2, 0.25) is 0 Å². The van der Waals surface area contributed by atoms with Gasteiger partial charge in [-0.3, -0.25) is 4.79 Å². The zero-order chi connectivity index (χ0) is 15.9. The van der Waals surface area contributed by atoms with Crippen LogP contribution in [-0.2, 0) is 0 Å². The molecule has 2 aromatic rings. The van der Waals surface area contributed by atoms with E-state index in [0.29, 0.717) is 13.0 Å². The number of rotatable bonds is 7. The number of Topliss-reactive ketones (excluding diaryl/α,β-unsaturated/α-hetero) is 1. The van der Waals surface area contributed by atoms with Gasteiger partial charge in [0.05, 0.1) is 0 Å². The van der Waals surface area contributed by atoms with Crippen LogP contribution in [0.25, 0.3) is 11.1 Å². The van der Waals surface area contributed by atoms with E-state index in [2.05, 4.69) is 4.90 Å². The first-order valence-electron chi connectivity index (χ1n) is 7.62. The molecule has 0 atom stereocenters. The quantitative estimate of drug-likeness (QED) is 0.726. The maximum absolute atomic E-state index is 12.0. The molecule has 0 aliphatic heterocycles. The molecule has 0 amide bonds. The van der Waals surface area contributed by atoms with Crippen molar-refractivity contribution in [2.24, 2.45) is 0 Å². The number of hydrogen-bond acceptors (Lipinski definition) is 3. The van der Waals surface area contributed by atoms with Crippen molar-refractivity contribution >= 4 is 5.78 Å². The average Bonchev–Trinajstić information content (AvgIpc) is 2.55. The van der Waals surface area contributed by atoms with Crippen LogP contribution in [-0.4, -0.2) is 37.9 Å². The summed E-state index contributed by atoms with van der Waals surface area (Å²) in [6.45, 7) is 3.35. The second-order valence-corrected chi connectivity index (χ2v) is 5.51. The Morgan fingerprint density at radius 3 is 2.45 bits per heavy atom. The molecule has 116 valence electrons. The Bertz CT molecular complexity index is 621. The molecule has 0 aromatic heterocycles. The van der Waals surface area contributed by atoms with Crippen LogP contribution >= 0.6 is 0 Å². The van der Waals surface area contributed by atoms with Crippen LogP contribution in [0.3, 0.4) is 0 Å². The maximum atomic E-state index is 12.0. The predicted octanol–water partition coefficient (Wildman–Crippen LogP) is 3.89. The molecule has 0 radical (unpaired) electrons. The van der Waals surface area contributed by atoms with E-state index in [1.54, 1.807) is 0 Å². The van der Waals surface area contributed by atoms with Crippen LogP contribution in [0.1, 0.15) is 23.7 Å². The largest absolute Gasteiger partial charge is 0.492 e. The number of hydrogen-bond donors (Lipinski definition) is 0. The van der Waals surface area contributed by atoms with Gasteiger partial charge in [0.25, 0.3) is 0 Å². The molecule has 0 N–H and O–H groups in total. The highest BCUT2D eigenvalue weighted by Gasteiger charge is 2.11. The molecular weight excluding hydrogens is 274 g/mol. The van der Waals surface area contributed by atoms with E-state index in [0.717, 1.165) is 29.0 Å². The molecule has 0 unspecified atom stereocenters. The van der Waals surface area contributed by atoms with Gasteiger partial charge < -0.3 is 9.64 Å². The molecule has 2 aromatic carbocycles. The van der Waals surface area contributed by atoms with Gasteiger partial charge in [-0.05, 0) is 37.9 Å². The SMILES string of the molecule is CCC(=O)c1ccc(OCCN(C)C)c(-c2ccccc2)c1. The van der Waals surface area contributed by atoms with E-state index in [4.69, 9.17) is 4.74 Å². The lowest BCUT2D eigenvalue weighted by Gasteiger charge is -2.15. The second-order valence-electron chi connectivity index (χ2n) is 5.51. The molecule has 0 saturated carbocycles. The van der Waals surface area contributed by atoms with Crippen LogP contribution < -0.4 is 4.74 Å². The minimum absolute atomic E-state index is 0.150. The number of nitrogens with zero attached hydrogens (tertiary/aromatic N) is 1. The van der Waals surface area contributed by atoms with E-state index >= 15 is 0 Å². The first-order chi connectivity index (χ1) is 10.6. The third-order valence-corrected chi connectivity index (χ3v) is 3.50. The molecule has 3 nitrogen and oxygen atoms in total. The number of benzene rings is 2. The highest BCUT2D eigenvalue weighted by molar-refractivity contribution is 5.97. The summed E-state index contributed by atoms with van der Waals surface area (Å²) >= 11 is 0. The topological polar surface area (TPSA) is 29.5 Å². The summed E-state index contributed by atoms with van der Waals surface area (Å²) in [5.74, 6) is 0.970. The fourth-order valence-corrected chi connectivity index (χ4v) is 2.21. The molecule has 0 aliphatic carbocycles. The van der Waals surface area contributed by atoms with Gasteiger partial charge in [0.1, 0.15) is 12.4 Å². The fraction of sp³-hybridized carbons (Fsp3) is 0.316. The van der Waals surface area contributed by atoms with E-state index < -0.39 is 0 Å². The molecule has 0 bridgehead atoms. The normalized spacial score (nSPS) is 10.7. The molecular formula is C19H23NO2. The molecule has 2 rings (SSSR count). The average molecular weight is 297 g/mol. The van der Waals surface area contributed by atoms with Crippen LogP contribution in [0.4, 0.5) is 0 Å². The fourth-order valence-electron chi connectivity index (χ4n) is 2.21. The van der Waals surface area contributed by atoms with Crippen LogP contribution in [0.5, 0.6) is 5.75 Å². The molecule has 3 heteroatoms. The second kappa shape index (κ2) is 7.76. The predicted molar refractivity (Wildman–Crippen MR) is 90.5 cm³/mol. The molecule has 0 spiro atoms. The first-order valence-corrected chi connectivity index (χ1v) is 7.62. The van der Waals surface area contributed by atoms with Gasteiger partial charge in [-0.2, -0.15) is 0 Å². The molecule has 0 saturated heterocycles. The van der Waals surface area contributed by atoms with Gasteiger partial charge in [-0.1, -0.05) is 37.3 Å². The Hall–Kier alpha value is -2.13. The zero-order valence-electron chi connectivity index (χ0n) is 13.5. The Morgan fingerprint density at radius 2 is 1.82 bits per heavy atom. The Morgan fingerprint density at radius 1 is 1.09 bits per heavy atom. The summed E-state index contributed by atoms with van der Waals surface area (Å²) in [5.41, 5.74) is 2.77. The van der Waals surface area contributed by atoms with E-state index in [1.165, 1.54) is 0 Å². The number of ether oxygens (including phenoxy) is 1. The van der Waals surface area contributed by atoms with Crippen LogP contribution in [0.15, 0.2) is 48.5 Å². The number of likely N-dealkylation sites (N-methyl/N-ethyl adjacent to an activating group) is 1. The van der Waals surface area contributed by atoms with Crippen molar-refractivity contribution in [1.29, 1.82) is 0 Å². The summed E-state index contributed by atoms with van der Waals surface area (Å²) in [7, 11) is 4.04. The van der Waals surface area contributed by atoms with Crippen molar-refractivity contribution in [3.05, 3.63) is 54.1 Å². The van der Waals surface area contributed by atoms with Crippen molar-refractivity contribution in [2.75, 3.05) is 27.2 Å². The highest BCUT2D eigenvalue weighted by Crippen LogP contribution is 2.31. The molecule has 22 heavy (non-hydrogen) atoms. The first kappa shape index (κ1) is 16.2. The van der Waals surface area contributed by atoms with Crippen molar-refractivity contribution in [3.8, 4) is 16.9 Å². The number of ketones is 1. The third kappa shape index (κ3) is 4.18. The molecule has 0 fully saturated rings. The Balaban J connectivity index is 2.33. The van der Waals surface area contributed by atoms with Crippen molar-refractivity contribution in [3.63, 3.8) is 0 Å². The lowest BCUT2D eigenvalue weighted by molar-refractivity contribution is 0.0988. The summed E-state index contributed by atoms with van der Waals surface area (Å²) in [6, 6.07) is 15.7. The maximum Gasteiger partial charge on any atom is 0.162 e. The van der Waals surface area contributed by atoms with E-state index in [9.17, 15) is 4.79 Å². The zero-order valence-corrected chi connectivity index (χ0v) is 13.5. The standard InChI is InChI=1S/C19H23NO2/c1-4-18(21)16-10-11-19(22-13-12-20(2)3)17(14-16)15-8-6-5-7-9-15/h5-11,14H,4,12-13H2,1-3H3. The minimum atomic E-state index is 0.150. The van der Waals surface area contributed by atoms with Crippen molar-refractivity contribution in [2.45, 2.75) is 13.3 Å². The van der Waals surface area contributed by atoms with E-state index in [1.807, 2.05) is 69.6 Å². The van der Waals surface area contributed by atoms with Gasteiger partial charge in [0, 0.05) is 24.1 Å². The monoisotopic (exact) mass is 297 g/mol. The van der Waals surface area contributed by atoms with Gasteiger partial charge >= 0.3 is 0 Å². The van der Waals surface area contributed by atoms with Crippen LogP contribution in [0, 0.1) is 0 Å². The Labute approximate surface area is 132 Å². The summed E-state index contributed by atoms with van der Waals surface area (Å²) in [4.78, 5) is 14.0. The van der Waals surface area contributed by atoms with Crippen LogP contribution in [0.2, 0.25) is 0 Å². The highest BCUT2D eigenvalue weighted by atomic mass is 16.5. The van der Waals surface area contributed by atoms with Crippen molar-refractivity contribution < 1.29 is 9.53 Å². The summed E-state index contributed by atoms with van der Waals surface area (Å²) in [6.07, 6.45) is 0.509. The lowest BCUT2D eigenvalue weighted by atomic mass is 9.99. The number of carbonyl (C=O) groups is 1. The molecule has 0 heterocycles. The molecule has 0 aliphatic rings. The minimum Gasteiger partial charge on any atom is -0.492 e. The number of carbonyl (C=O) groups excluding carboxylic acids is 1. The lowest BCUT2D eigenvalue weighted by Crippen LogP contribution is -2.19.